The molecule has 1 unspecified atom stereocenters. The van der Waals surface area contributed by atoms with Crippen LogP contribution in [0.4, 0.5) is 13.2 Å². The van der Waals surface area contributed by atoms with Crippen molar-refractivity contribution in [3.63, 3.8) is 0 Å². The van der Waals surface area contributed by atoms with Gasteiger partial charge >= 0.3 is 12.1 Å². The van der Waals surface area contributed by atoms with Crippen molar-refractivity contribution in [3.05, 3.63) is 34.3 Å². The first-order valence-corrected chi connectivity index (χ1v) is 6.52. The van der Waals surface area contributed by atoms with Gasteiger partial charge in [-0.15, -0.1) is 0 Å². The minimum absolute atomic E-state index is 0.124. The van der Waals surface area contributed by atoms with E-state index in [0.29, 0.717) is 10.6 Å². The molecule has 0 aliphatic heterocycles. The highest BCUT2D eigenvalue weighted by Gasteiger charge is 2.55. The first-order valence-electron chi connectivity index (χ1n) is 6.14. The number of hydrogen-bond donors (Lipinski definition) is 1. The Morgan fingerprint density at radius 2 is 1.95 bits per heavy atom. The van der Waals surface area contributed by atoms with E-state index >= 15 is 0 Å². The van der Waals surface area contributed by atoms with Crippen LogP contribution in [0, 0.1) is 12.8 Å². The molecule has 6 heteroatoms. The number of alkyl halides is 3. The number of hydrogen-bond acceptors (Lipinski definition) is 1. The highest BCUT2D eigenvalue weighted by Crippen LogP contribution is 2.45. The van der Waals surface area contributed by atoms with Gasteiger partial charge in [-0.1, -0.05) is 37.6 Å². The van der Waals surface area contributed by atoms with E-state index in [1.165, 1.54) is 25.1 Å². The fourth-order valence-corrected chi connectivity index (χ4v) is 2.54. The average molecular weight is 309 g/mol. The summed E-state index contributed by atoms with van der Waals surface area (Å²) in [6, 6.07) is 4.21. The summed E-state index contributed by atoms with van der Waals surface area (Å²) in [6.07, 6.45) is -4.76. The minimum atomic E-state index is -4.60. The van der Waals surface area contributed by atoms with Gasteiger partial charge < -0.3 is 5.11 Å². The van der Waals surface area contributed by atoms with Gasteiger partial charge in [0.1, 0.15) is 5.41 Å². The van der Waals surface area contributed by atoms with Crippen molar-refractivity contribution in [2.45, 2.75) is 38.8 Å². The van der Waals surface area contributed by atoms with Gasteiger partial charge in [0, 0.05) is 5.02 Å². The molecule has 0 bridgehead atoms. The second kappa shape index (κ2) is 5.64. The standard InChI is InChI=1S/C14H16ClF3O2/c1-4-13(12(19)20,9(3)14(16,17)18)10-5-6-11(15)8(2)7-10/h5-7,9H,4H2,1-3H3,(H,19,20)/t9-,13?/m1/s1. The Kier molecular flexibility index (Phi) is 4.74. The summed E-state index contributed by atoms with van der Waals surface area (Å²) in [5, 5.41) is 9.83. The van der Waals surface area contributed by atoms with Gasteiger partial charge in [-0.25, -0.2) is 0 Å². The zero-order chi connectivity index (χ0) is 15.7. The molecule has 20 heavy (non-hydrogen) atoms. The largest absolute Gasteiger partial charge is 0.481 e. The van der Waals surface area contributed by atoms with Crippen molar-refractivity contribution in [1.82, 2.24) is 0 Å². The van der Waals surface area contributed by atoms with Crippen molar-refractivity contribution in [2.75, 3.05) is 0 Å². The molecule has 112 valence electrons. The van der Waals surface area contributed by atoms with Crippen LogP contribution >= 0.6 is 11.6 Å². The predicted molar refractivity (Wildman–Crippen MR) is 71.0 cm³/mol. The van der Waals surface area contributed by atoms with Gasteiger partial charge in [-0.3, -0.25) is 4.79 Å². The predicted octanol–water partition coefficient (Wildman–Crippen LogP) is 4.58. The molecule has 0 saturated carbocycles. The van der Waals surface area contributed by atoms with E-state index in [-0.39, 0.29) is 12.0 Å². The summed E-state index contributed by atoms with van der Waals surface area (Å²) >= 11 is 5.85. The highest BCUT2D eigenvalue weighted by molar-refractivity contribution is 6.31. The zero-order valence-electron chi connectivity index (χ0n) is 11.4. The Morgan fingerprint density at radius 1 is 1.40 bits per heavy atom. The van der Waals surface area contributed by atoms with Crippen LogP contribution in [0.15, 0.2) is 18.2 Å². The van der Waals surface area contributed by atoms with Crippen molar-refractivity contribution in [3.8, 4) is 0 Å². The Bertz CT molecular complexity index is 514. The maximum Gasteiger partial charge on any atom is 0.392 e. The van der Waals surface area contributed by atoms with E-state index in [2.05, 4.69) is 0 Å². The van der Waals surface area contributed by atoms with E-state index in [0.717, 1.165) is 6.92 Å². The lowest BCUT2D eigenvalue weighted by atomic mass is 9.68. The van der Waals surface area contributed by atoms with Crippen molar-refractivity contribution in [2.24, 2.45) is 5.92 Å². The molecule has 2 nitrogen and oxygen atoms in total. The van der Waals surface area contributed by atoms with E-state index in [1.807, 2.05) is 0 Å². The Morgan fingerprint density at radius 3 is 2.30 bits per heavy atom. The summed E-state index contributed by atoms with van der Waals surface area (Å²) < 4.78 is 39.2. The van der Waals surface area contributed by atoms with E-state index in [4.69, 9.17) is 11.6 Å². The Hall–Kier alpha value is -1.23. The number of carboxylic acid groups (broad SMARTS) is 1. The van der Waals surface area contributed by atoms with Gasteiger partial charge in [-0.2, -0.15) is 13.2 Å². The average Bonchev–Trinajstić information content (AvgIpc) is 2.33. The van der Waals surface area contributed by atoms with Crippen LogP contribution in [0.2, 0.25) is 5.02 Å². The van der Waals surface area contributed by atoms with Crippen LogP contribution in [0.3, 0.4) is 0 Å². The molecule has 0 fully saturated rings. The van der Waals surface area contributed by atoms with Crippen molar-refractivity contribution in [1.29, 1.82) is 0 Å². The quantitative estimate of drug-likeness (QED) is 0.884. The molecule has 0 aliphatic rings. The Balaban J connectivity index is 3.53. The lowest BCUT2D eigenvalue weighted by Gasteiger charge is -2.36. The van der Waals surface area contributed by atoms with Crippen molar-refractivity contribution < 1.29 is 23.1 Å². The van der Waals surface area contributed by atoms with Gasteiger partial charge in [0.15, 0.2) is 0 Å². The summed E-state index contributed by atoms with van der Waals surface area (Å²) in [5.41, 5.74) is -1.33. The first-order chi connectivity index (χ1) is 9.07. The lowest BCUT2D eigenvalue weighted by molar-refractivity contribution is -0.198. The van der Waals surface area contributed by atoms with Gasteiger partial charge in [0.05, 0.1) is 5.92 Å². The second-order valence-corrected chi connectivity index (χ2v) is 5.26. The maximum atomic E-state index is 13.1. The molecule has 0 radical (unpaired) electrons. The maximum absolute atomic E-state index is 13.1. The molecule has 0 heterocycles. The fraction of sp³-hybridized carbons (Fsp3) is 0.500. The molecular weight excluding hydrogens is 293 g/mol. The highest BCUT2D eigenvalue weighted by atomic mass is 35.5. The molecule has 0 spiro atoms. The van der Waals surface area contributed by atoms with E-state index in [1.54, 1.807) is 6.92 Å². The molecule has 1 rings (SSSR count). The molecule has 0 aliphatic carbocycles. The number of halogens is 4. The number of aryl methyl sites for hydroxylation is 1. The van der Waals surface area contributed by atoms with Crippen LogP contribution in [0.25, 0.3) is 0 Å². The molecule has 1 aromatic rings. The molecule has 0 saturated heterocycles. The topological polar surface area (TPSA) is 37.3 Å². The van der Waals surface area contributed by atoms with Crippen LogP contribution in [-0.2, 0) is 10.2 Å². The van der Waals surface area contributed by atoms with E-state index in [9.17, 15) is 23.1 Å². The SMILES string of the molecule is CCC(C(=O)O)(c1ccc(Cl)c(C)c1)[C@@H](C)C(F)(F)F. The number of carboxylic acids is 1. The molecule has 1 aromatic carbocycles. The lowest BCUT2D eigenvalue weighted by Crippen LogP contribution is -2.47. The molecule has 0 aromatic heterocycles. The number of carbonyl (C=O) groups is 1. The summed E-state index contributed by atoms with van der Waals surface area (Å²) in [6.45, 7) is 3.98. The number of rotatable bonds is 4. The van der Waals surface area contributed by atoms with Crippen LogP contribution in [-0.4, -0.2) is 17.3 Å². The van der Waals surface area contributed by atoms with Crippen molar-refractivity contribution >= 4 is 17.6 Å². The molecule has 1 N–H and O–H groups in total. The van der Waals surface area contributed by atoms with Gasteiger partial charge in [0.2, 0.25) is 0 Å². The third kappa shape index (κ3) is 2.77. The number of aliphatic carboxylic acids is 1. The summed E-state index contributed by atoms with van der Waals surface area (Å²) in [5.74, 6) is -3.48. The van der Waals surface area contributed by atoms with Crippen LogP contribution < -0.4 is 0 Å². The van der Waals surface area contributed by atoms with Gasteiger partial charge in [-0.05, 0) is 30.5 Å². The first kappa shape index (κ1) is 16.8. The third-order valence-corrected chi connectivity index (χ3v) is 4.27. The van der Waals surface area contributed by atoms with Crippen LogP contribution in [0.1, 0.15) is 31.4 Å². The van der Waals surface area contributed by atoms with Crippen LogP contribution in [0.5, 0.6) is 0 Å². The normalized spacial score (nSPS) is 16.6. The molecular formula is C14H16ClF3O2. The Labute approximate surface area is 120 Å². The second-order valence-electron chi connectivity index (χ2n) is 4.86. The van der Waals surface area contributed by atoms with E-state index < -0.39 is 23.5 Å². The summed E-state index contributed by atoms with van der Waals surface area (Å²) in [7, 11) is 0. The third-order valence-electron chi connectivity index (χ3n) is 3.84. The molecule has 0 amide bonds. The van der Waals surface area contributed by atoms with Gasteiger partial charge in [0.25, 0.3) is 0 Å². The minimum Gasteiger partial charge on any atom is -0.481 e. The smallest absolute Gasteiger partial charge is 0.392 e. The summed E-state index contributed by atoms with van der Waals surface area (Å²) in [4.78, 5) is 11.6. The number of benzene rings is 1. The fourth-order valence-electron chi connectivity index (χ4n) is 2.42. The monoisotopic (exact) mass is 308 g/mol. The zero-order valence-corrected chi connectivity index (χ0v) is 12.1. The molecule has 2 atom stereocenters.